The van der Waals surface area contributed by atoms with Crippen LogP contribution in [0.4, 0.5) is 35.3 Å². The van der Waals surface area contributed by atoms with Gasteiger partial charge in [-0.15, -0.1) is 5.10 Å². The van der Waals surface area contributed by atoms with E-state index in [1.807, 2.05) is 59.2 Å². The highest BCUT2D eigenvalue weighted by atomic mass is 32.2. The number of rotatable bonds is 15. The number of piperazine rings is 2. The summed E-state index contributed by atoms with van der Waals surface area (Å²) in [6, 6.07) is 21.9. The SMILES string of the molecule is Cc1ccc(Oc2cccc(CN3CCN(C(O)n4ccc(NS(=O)(=O)CC5C[C@H](C)N(c6cc(CN7CCN(C(=O)n8ccc(NS(C)(=O)=O)n8)CC7)ccc6C(F)(F)F)C5)n4)CC3)c2)cc1. The molecule has 68 heavy (non-hydrogen) atoms. The smallest absolute Gasteiger partial charge is 0.418 e. The van der Waals surface area contributed by atoms with Gasteiger partial charge in [0.2, 0.25) is 26.4 Å². The van der Waals surface area contributed by atoms with Crippen LogP contribution in [0.25, 0.3) is 0 Å². The average molecular weight is 984 g/mol. The molecule has 0 radical (unpaired) electrons. The Morgan fingerprint density at radius 3 is 2.13 bits per heavy atom. The van der Waals surface area contributed by atoms with Crippen LogP contribution in [0, 0.1) is 12.8 Å². The Morgan fingerprint density at radius 2 is 1.46 bits per heavy atom. The van der Waals surface area contributed by atoms with Gasteiger partial charge in [-0.05, 0) is 73.7 Å². The second-order valence-corrected chi connectivity index (χ2v) is 21.3. The van der Waals surface area contributed by atoms with Gasteiger partial charge in [-0.25, -0.2) is 26.3 Å². The van der Waals surface area contributed by atoms with Crippen molar-refractivity contribution in [2.75, 3.05) is 85.3 Å². The van der Waals surface area contributed by atoms with Crippen LogP contribution >= 0.6 is 0 Å². The zero-order valence-electron chi connectivity index (χ0n) is 38.0. The van der Waals surface area contributed by atoms with E-state index in [-0.39, 0.29) is 29.6 Å². The number of sulfonamides is 2. The molecule has 2 unspecified atom stereocenters. The number of benzene rings is 3. The molecule has 366 valence electrons. The number of aromatic nitrogens is 4. The topological polar surface area (TPSA) is 191 Å². The van der Waals surface area contributed by atoms with Crippen LogP contribution in [0.5, 0.6) is 11.5 Å². The molecule has 0 aliphatic carbocycles. The van der Waals surface area contributed by atoms with Crippen molar-refractivity contribution in [1.82, 2.24) is 39.2 Å². The molecular weight excluding hydrogens is 928 g/mol. The van der Waals surface area contributed by atoms with E-state index >= 15 is 0 Å². The van der Waals surface area contributed by atoms with Crippen LogP contribution in [0.3, 0.4) is 0 Å². The maximum Gasteiger partial charge on any atom is 0.418 e. The van der Waals surface area contributed by atoms with Crippen molar-refractivity contribution in [2.45, 2.75) is 51.9 Å². The molecule has 3 aliphatic rings. The summed E-state index contributed by atoms with van der Waals surface area (Å²) >= 11 is 0. The zero-order valence-corrected chi connectivity index (χ0v) is 39.6. The lowest BCUT2D eigenvalue weighted by molar-refractivity contribution is -0.137. The van der Waals surface area contributed by atoms with E-state index in [0.29, 0.717) is 77.4 Å². The number of ether oxygens (including phenoxy) is 1. The van der Waals surface area contributed by atoms with Gasteiger partial charge in [0.25, 0.3) is 0 Å². The number of carbonyl (C=O) groups is 1. The zero-order chi connectivity index (χ0) is 48.4. The van der Waals surface area contributed by atoms with E-state index in [2.05, 4.69) is 30.6 Å². The third kappa shape index (κ3) is 12.5. The monoisotopic (exact) mass is 983 g/mol. The van der Waals surface area contributed by atoms with Crippen molar-refractivity contribution in [3.05, 3.63) is 114 Å². The average Bonchev–Trinajstić information content (AvgIpc) is 4.03. The molecule has 3 aromatic carbocycles. The predicted molar refractivity (Wildman–Crippen MR) is 250 cm³/mol. The highest BCUT2D eigenvalue weighted by Crippen LogP contribution is 2.41. The maximum atomic E-state index is 14.5. The Labute approximate surface area is 394 Å². The first kappa shape index (κ1) is 48.7. The molecule has 1 amide bonds. The van der Waals surface area contributed by atoms with Crippen LogP contribution < -0.4 is 19.1 Å². The number of hydrogen-bond acceptors (Lipinski definition) is 13. The highest BCUT2D eigenvalue weighted by molar-refractivity contribution is 7.92. The van der Waals surface area contributed by atoms with Gasteiger partial charge in [-0.1, -0.05) is 35.9 Å². The van der Waals surface area contributed by atoms with E-state index in [0.717, 1.165) is 39.6 Å². The van der Waals surface area contributed by atoms with Crippen molar-refractivity contribution in [1.29, 1.82) is 0 Å². The molecule has 18 nitrogen and oxygen atoms in total. The van der Waals surface area contributed by atoms with Crippen molar-refractivity contribution in [3.8, 4) is 11.5 Å². The molecule has 3 fully saturated rings. The molecule has 3 atom stereocenters. The fourth-order valence-corrected chi connectivity index (χ4v) is 10.8. The largest absolute Gasteiger partial charge is 0.457 e. The molecule has 2 aromatic heterocycles. The van der Waals surface area contributed by atoms with Gasteiger partial charge in [0.15, 0.2) is 11.6 Å². The second kappa shape index (κ2) is 20.1. The first-order valence-corrected chi connectivity index (χ1v) is 25.8. The first-order chi connectivity index (χ1) is 32.2. The lowest BCUT2D eigenvalue weighted by Crippen LogP contribution is -2.49. The van der Waals surface area contributed by atoms with Crippen molar-refractivity contribution in [2.24, 2.45) is 5.92 Å². The molecule has 0 bridgehead atoms. The van der Waals surface area contributed by atoms with E-state index in [9.17, 15) is 39.9 Å². The number of carbonyl (C=O) groups excluding carboxylic acids is 1. The van der Waals surface area contributed by atoms with Crippen molar-refractivity contribution in [3.63, 3.8) is 0 Å². The number of anilines is 3. The van der Waals surface area contributed by atoms with Crippen molar-refractivity contribution < 1.29 is 44.6 Å². The summed E-state index contributed by atoms with van der Waals surface area (Å²) in [7, 11) is -7.57. The molecule has 8 rings (SSSR count). The number of nitrogens with one attached hydrogen (secondary N) is 2. The molecule has 23 heteroatoms. The van der Waals surface area contributed by atoms with Gasteiger partial charge in [0.05, 0.1) is 17.6 Å². The van der Waals surface area contributed by atoms with Crippen LogP contribution in [-0.4, -0.2) is 144 Å². The number of alkyl halides is 3. The molecule has 0 spiro atoms. The minimum absolute atomic E-state index is 0.0108. The summed E-state index contributed by atoms with van der Waals surface area (Å²) in [5, 5.41) is 19.5. The van der Waals surface area contributed by atoms with Crippen molar-refractivity contribution >= 4 is 43.4 Å². The van der Waals surface area contributed by atoms with Gasteiger partial charge in [0.1, 0.15) is 11.5 Å². The second-order valence-electron chi connectivity index (χ2n) is 17.8. The van der Waals surface area contributed by atoms with Gasteiger partial charge in [-0.2, -0.15) is 23.0 Å². The summed E-state index contributed by atoms with van der Waals surface area (Å²) in [6.45, 7) is 8.85. The first-order valence-electron chi connectivity index (χ1n) is 22.3. The van der Waals surface area contributed by atoms with E-state index in [1.165, 1.54) is 41.3 Å². The molecule has 3 saturated heterocycles. The third-order valence-electron chi connectivity index (χ3n) is 12.3. The predicted octanol–water partition coefficient (Wildman–Crippen LogP) is 5.28. The number of aryl methyl sites for hydroxylation is 1. The van der Waals surface area contributed by atoms with Crippen LogP contribution in [0.2, 0.25) is 0 Å². The number of halogens is 3. The molecule has 5 aromatic rings. The van der Waals surface area contributed by atoms with Gasteiger partial charge < -0.3 is 19.6 Å². The van der Waals surface area contributed by atoms with E-state index < -0.39 is 56.1 Å². The minimum atomic E-state index is -4.66. The Kier molecular flexibility index (Phi) is 14.4. The fraction of sp³-hybridized carbons (Fsp3) is 0.444. The molecular formula is C45H56F3N11O7S2. The molecule has 0 saturated carbocycles. The highest BCUT2D eigenvalue weighted by Gasteiger charge is 2.40. The Balaban J connectivity index is 0.821. The maximum absolute atomic E-state index is 14.5. The molecule has 5 heterocycles. The summed E-state index contributed by atoms with van der Waals surface area (Å²) in [4.78, 5) is 22.4. The summed E-state index contributed by atoms with van der Waals surface area (Å²) < 4.78 is 107. The lowest BCUT2D eigenvalue weighted by atomic mass is 10.1. The number of aliphatic hydroxyl groups excluding tert-OH is 1. The summed E-state index contributed by atoms with van der Waals surface area (Å²) in [6.07, 6.45) is -1.61. The van der Waals surface area contributed by atoms with E-state index in [1.54, 1.807) is 16.7 Å². The van der Waals surface area contributed by atoms with Crippen LogP contribution in [-0.2, 0) is 39.3 Å². The number of hydrogen-bond donors (Lipinski definition) is 3. The Morgan fingerprint density at radius 1 is 0.809 bits per heavy atom. The summed E-state index contributed by atoms with van der Waals surface area (Å²) in [5.41, 5.74) is 2.05. The molecule has 3 N–H and O–H groups in total. The summed E-state index contributed by atoms with van der Waals surface area (Å²) in [5.74, 6) is 0.718. The lowest BCUT2D eigenvalue weighted by Gasteiger charge is -2.37. The van der Waals surface area contributed by atoms with Gasteiger partial charge in [-0.3, -0.25) is 24.1 Å². The van der Waals surface area contributed by atoms with Crippen LogP contribution in [0.15, 0.2) is 91.3 Å². The minimum Gasteiger partial charge on any atom is -0.457 e. The standard InChI is InChI=1S/C45H56F3N11O7S2/c1-32-7-10-37(11-8-32)66-38-6-4-5-34(26-38)28-53-17-21-56(22-18-53)44(61)59-16-14-42(50-59)52-68(64,65)31-36-25-33(2)57(30-36)40-27-35(9-12-39(40)45(46,47)48)29-54-19-23-55(24-20-54)43(60)58-15-13-41(49-58)51-67(3,62)63/h4-16,26-27,33,36,44,61H,17-25,28-31H2,1-3H3,(H,49,51)(H,50,52)/t33-,36?,44?/m0/s1. The fourth-order valence-electron chi connectivity index (χ4n) is 8.99. The number of aliphatic hydroxyl groups is 1. The number of amides is 1. The van der Waals surface area contributed by atoms with Gasteiger partial charge >= 0.3 is 12.2 Å². The quantitative estimate of drug-likeness (QED) is 0.123. The van der Waals surface area contributed by atoms with E-state index in [4.69, 9.17) is 4.74 Å². The third-order valence-corrected chi connectivity index (χ3v) is 14.3. The Bertz CT molecular complexity index is 2770. The Hall–Kier alpha value is -5.72. The molecule has 3 aliphatic heterocycles. The number of nitrogens with zero attached hydrogens (tertiary/aromatic N) is 9. The normalized spacial score (nSPS) is 19.6. The van der Waals surface area contributed by atoms with Crippen LogP contribution in [0.1, 0.15) is 42.0 Å². The van der Waals surface area contributed by atoms with Gasteiger partial charge in [0, 0.05) is 108 Å².